The molecule has 0 spiro atoms. The number of carbonyl (C=O) groups is 4. The highest BCUT2D eigenvalue weighted by Gasteiger charge is 2.47. The fourth-order valence-corrected chi connectivity index (χ4v) is 2.53. The van der Waals surface area contributed by atoms with E-state index in [-0.39, 0.29) is 10.5 Å². The van der Waals surface area contributed by atoms with Crippen LogP contribution in [0.3, 0.4) is 0 Å². The summed E-state index contributed by atoms with van der Waals surface area (Å²) in [4.78, 5) is 51.0. The standard InChI is InChI=1S/C21H22F6N2O7/c1-19(2,3)36-18(34)28-13(9-20(22,23)24)15(31)35-16(32)14(11-30)29(17(33)21(25,26)27)10-12-7-5-4-6-8-12/h4-8,14,30H,9-11H2,1-3H3/t14-/m0/s1. The first-order valence-electron chi connectivity index (χ1n) is 10.00. The number of ether oxygens (including phenoxy) is 2. The molecule has 0 bridgehead atoms. The van der Waals surface area contributed by atoms with Gasteiger partial charge in [-0.2, -0.15) is 31.3 Å². The van der Waals surface area contributed by atoms with Gasteiger partial charge in [0.1, 0.15) is 11.3 Å². The van der Waals surface area contributed by atoms with Crippen molar-refractivity contribution < 1.29 is 60.1 Å². The van der Waals surface area contributed by atoms with Gasteiger partial charge in [0.05, 0.1) is 13.0 Å². The first-order chi connectivity index (χ1) is 16.3. The van der Waals surface area contributed by atoms with Crippen LogP contribution in [-0.4, -0.2) is 70.3 Å². The molecule has 0 heterocycles. The zero-order valence-corrected chi connectivity index (χ0v) is 19.1. The zero-order chi connectivity index (χ0) is 27.9. The molecule has 1 N–H and O–H groups in total. The molecule has 1 atom stereocenters. The van der Waals surface area contributed by atoms with Crippen LogP contribution in [0.15, 0.2) is 35.3 Å². The summed E-state index contributed by atoms with van der Waals surface area (Å²) in [6.45, 7) is 1.66. The number of aliphatic hydroxyl groups excluding tert-OH is 1. The van der Waals surface area contributed by atoms with Gasteiger partial charge in [-0.05, 0) is 26.3 Å². The molecule has 1 rings (SSSR count). The molecule has 15 heteroatoms. The van der Waals surface area contributed by atoms with Crippen molar-refractivity contribution in [3.63, 3.8) is 0 Å². The monoisotopic (exact) mass is 528 g/mol. The molecule has 1 aromatic rings. The summed E-state index contributed by atoms with van der Waals surface area (Å²) < 4.78 is 86.9. The Bertz CT molecular complexity index is 985. The number of benzene rings is 1. The number of amides is 2. The molecule has 0 aliphatic heterocycles. The lowest BCUT2D eigenvalue weighted by molar-refractivity contribution is -0.192. The van der Waals surface area contributed by atoms with Gasteiger partial charge in [-0.15, -0.1) is 0 Å². The Balaban J connectivity index is 3.27. The highest BCUT2D eigenvalue weighted by Crippen LogP contribution is 2.24. The van der Waals surface area contributed by atoms with Crippen molar-refractivity contribution in [2.45, 2.75) is 57.7 Å². The molecule has 0 aromatic heterocycles. The van der Waals surface area contributed by atoms with Crippen LogP contribution in [0.5, 0.6) is 0 Å². The van der Waals surface area contributed by atoms with Gasteiger partial charge in [0, 0.05) is 6.54 Å². The Hall–Kier alpha value is -3.49. The van der Waals surface area contributed by atoms with Gasteiger partial charge in [0.2, 0.25) is 0 Å². The minimum Gasteiger partial charge on any atom is -0.442 e. The molecule has 0 saturated carbocycles. The Morgan fingerprint density at radius 3 is 2.00 bits per heavy atom. The highest BCUT2D eigenvalue weighted by molar-refractivity contribution is 6.39. The quantitative estimate of drug-likeness (QED) is 0.249. The summed E-state index contributed by atoms with van der Waals surface area (Å²) in [7, 11) is 0. The summed E-state index contributed by atoms with van der Waals surface area (Å²) >= 11 is 0. The van der Waals surface area contributed by atoms with Gasteiger partial charge in [0.15, 0.2) is 6.04 Å². The molecular weight excluding hydrogens is 506 g/mol. The van der Waals surface area contributed by atoms with E-state index in [0.717, 1.165) is 0 Å². The largest absolute Gasteiger partial charge is 0.471 e. The lowest BCUT2D eigenvalue weighted by Gasteiger charge is -2.29. The molecule has 0 aliphatic rings. The fraction of sp³-hybridized carbons (Fsp3) is 0.476. The molecule has 0 radical (unpaired) electrons. The van der Waals surface area contributed by atoms with Crippen molar-refractivity contribution in [1.29, 1.82) is 0 Å². The molecule has 2 amide bonds. The van der Waals surface area contributed by atoms with Crippen LogP contribution in [0.4, 0.5) is 31.1 Å². The maximum atomic E-state index is 13.1. The lowest BCUT2D eigenvalue weighted by atomic mass is 10.1. The van der Waals surface area contributed by atoms with Gasteiger partial charge in [-0.3, -0.25) is 4.79 Å². The highest BCUT2D eigenvalue weighted by atomic mass is 19.4. The van der Waals surface area contributed by atoms with Crippen LogP contribution in [-0.2, 0) is 30.4 Å². The molecule has 0 fully saturated rings. The minimum absolute atomic E-state index is 0.0805. The van der Waals surface area contributed by atoms with Crippen LogP contribution < -0.4 is 0 Å². The number of carbonyl (C=O) groups excluding carboxylic acids is 4. The Morgan fingerprint density at radius 1 is 1.00 bits per heavy atom. The second-order valence-corrected chi connectivity index (χ2v) is 8.15. The molecule has 36 heavy (non-hydrogen) atoms. The van der Waals surface area contributed by atoms with Gasteiger partial charge < -0.3 is 19.5 Å². The summed E-state index contributed by atoms with van der Waals surface area (Å²) in [5.74, 6) is -6.72. The number of rotatable bonds is 7. The predicted octanol–water partition coefficient (Wildman–Crippen LogP) is 3.34. The van der Waals surface area contributed by atoms with Gasteiger partial charge >= 0.3 is 36.3 Å². The second kappa shape index (κ2) is 12.0. The number of hydrogen-bond acceptors (Lipinski definition) is 7. The number of aliphatic imine (C=N–C) groups is 1. The third kappa shape index (κ3) is 10.4. The van der Waals surface area contributed by atoms with E-state index < -0.39 is 73.2 Å². The molecule has 0 unspecified atom stereocenters. The van der Waals surface area contributed by atoms with Crippen molar-refractivity contribution in [3.05, 3.63) is 35.9 Å². The van der Waals surface area contributed by atoms with E-state index in [1.807, 2.05) is 0 Å². The summed E-state index contributed by atoms with van der Waals surface area (Å²) in [6, 6.07) is 4.43. The zero-order valence-electron chi connectivity index (χ0n) is 19.1. The van der Waals surface area contributed by atoms with Crippen LogP contribution in [0, 0.1) is 0 Å². The van der Waals surface area contributed by atoms with E-state index >= 15 is 0 Å². The maximum Gasteiger partial charge on any atom is 0.471 e. The van der Waals surface area contributed by atoms with Crippen LogP contribution in [0.2, 0.25) is 0 Å². The summed E-state index contributed by atoms with van der Waals surface area (Å²) in [6.07, 6.45) is -14.4. The lowest BCUT2D eigenvalue weighted by Crippen LogP contribution is -2.52. The topological polar surface area (TPSA) is 123 Å². The van der Waals surface area contributed by atoms with Crippen LogP contribution >= 0.6 is 0 Å². The summed E-state index contributed by atoms with van der Waals surface area (Å²) in [5, 5.41) is 9.51. The van der Waals surface area contributed by atoms with E-state index in [9.17, 15) is 50.6 Å². The SMILES string of the molecule is CC(C)(C)OC(=O)N=C(CC(F)(F)F)C(=O)OC(=O)[C@H](CO)N(Cc1ccccc1)C(=O)C(F)(F)F. The number of hydrogen-bond donors (Lipinski definition) is 1. The van der Waals surface area contributed by atoms with Crippen molar-refractivity contribution in [1.82, 2.24) is 4.90 Å². The molecule has 0 aliphatic carbocycles. The van der Waals surface area contributed by atoms with E-state index in [2.05, 4.69) is 14.5 Å². The van der Waals surface area contributed by atoms with E-state index in [4.69, 9.17) is 0 Å². The van der Waals surface area contributed by atoms with Crippen molar-refractivity contribution in [2.24, 2.45) is 4.99 Å². The Labute approximate surface area is 200 Å². The molecule has 200 valence electrons. The third-order valence-corrected chi connectivity index (χ3v) is 3.94. The van der Waals surface area contributed by atoms with Gasteiger partial charge in [-0.1, -0.05) is 30.3 Å². The van der Waals surface area contributed by atoms with Crippen molar-refractivity contribution >= 4 is 29.7 Å². The van der Waals surface area contributed by atoms with E-state index in [0.29, 0.717) is 0 Å². The molecule has 0 saturated heterocycles. The number of aliphatic hydroxyl groups is 1. The number of esters is 2. The van der Waals surface area contributed by atoms with Crippen molar-refractivity contribution in [3.8, 4) is 0 Å². The molecular formula is C21H22F6N2O7. The number of alkyl halides is 6. The number of nitrogens with zero attached hydrogens (tertiary/aromatic N) is 2. The predicted molar refractivity (Wildman–Crippen MR) is 109 cm³/mol. The van der Waals surface area contributed by atoms with E-state index in [1.165, 1.54) is 51.1 Å². The summed E-state index contributed by atoms with van der Waals surface area (Å²) in [5.41, 5.74) is -2.78. The Kier molecular flexibility index (Phi) is 10.2. The third-order valence-electron chi connectivity index (χ3n) is 3.94. The van der Waals surface area contributed by atoms with Crippen LogP contribution in [0.1, 0.15) is 32.8 Å². The van der Waals surface area contributed by atoms with Crippen LogP contribution in [0.25, 0.3) is 0 Å². The molecule has 9 nitrogen and oxygen atoms in total. The number of halogens is 6. The Morgan fingerprint density at radius 2 is 1.56 bits per heavy atom. The first-order valence-corrected chi connectivity index (χ1v) is 10.00. The minimum atomic E-state index is -5.52. The average Bonchev–Trinajstić information content (AvgIpc) is 2.70. The maximum absolute atomic E-state index is 13.1. The smallest absolute Gasteiger partial charge is 0.442 e. The van der Waals surface area contributed by atoms with E-state index in [1.54, 1.807) is 0 Å². The van der Waals surface area contributed by atoms with Gasteiger partial charge in [-0.25, -0.2) is 14.4 Å². The fourth-order valence-electron chi connectivity index (χ4n) is 2.53. The first kappa shape index (κ1) is 30.5. The second-order valence-electron chi connectivity index (χ2n) is 8.15. The molecule has 1 aromatic carbocycles. The average molecular weight is 528 g/mol. The normalized spacial score (nSPS) is 13.6. The van der Waals surface area contributed by atoms with Crippen molar-refractivity contribution in [2.75, 3.05) is 6.61 Å². The van der Waals surface area contributed by atoms with Gasteiger partial charge in [0.25, 0.3) is 0 Å².